The largest absolute Gasteiger partial charge is 0.706 e. The summed E-state index contributed by atoms with van der Waals surface area (Å²) >= 11 is 0. The summed E-state index contributed by atoms with van der Waals surface area (Å²) in [6.07, 6.45) is 8.56. The predicted octanol–water partition coefficient (Wildman–Crippen LogP) is 6.57. The van der Waals surface area contributed by atoms with Gasteiger partial charge >= 0.3 is 15.9 Å². The Kier molecular flexibility index (Phi) is 19.6. The van der Waals surface area contributed by atoms with Crippen LogP contribution in [0.2, 0.25) is 0 Å². The molecule has 25 heavy (non-hydrogen) atoms. The Labute approximate surface area is 176 Å². The average Bonchev–Trinajstić information content (AvgIpc) is 2.54. The molecule has 0 rings (SSSR count). The van der Waals surface area contributed by atoms with Gasteiger partial charge in [-0.05, 0) is 29.0 Å². The van der Waals surface area contributed by atoms with Crippen molar-refractivity contribution in [3.8, 4) is 0 Å². The quantitative estimate of drug-likeness (QED) is 0.150. The zero-order valence-electron chi connectivity index (χ0n) is 16.7. The van der Waals surface area contributed by atoms with Crippen molar-refractivity contribution >= 4 is 43.1 Å². The van der Waals surface area contributed by atoms with E-state index in [0.717, 1.165) is 51.4 Å². The Bertz CT molecular complexity index is 382. The molecule has 0 N–H and O–H groups in total. The van der Waals surface area contributed by atoms with Crippen LogP contribution in [0.25, 0.3) is 0 Å². The van der Waals surface area contributed by atoms with Gasteiger partial charge in [-0.2, -0.15) is 0 Å². The average molecular weight is 591 g/mol. The summed E-state index contributed by atoms with van der Waals surface area (Å²) in [5.74, 6) is 0.724. The van der Waals surface area contributed by atoms with Crippen LogP contribution >= 0.6 is 15.9 Å². The van der Waals surface area contributed by atoms with Crippen molar-refractivity contribution in [2.75, 3.05) is 19.9 Å². The van der Waals surface area contributed by atoms with E-state index in [1.165, 1.54) is 6.66 Å². The maximum absolute atomic E-state index is 12.3. The van der Waals surface area contributed by atoms with Gasteiger partial charge in [0.05, 0.1) is 6.61 Å². The number of rotatable bonds is 16. The Morgan fingerprint density at radius 2 is 1.40 bits per heavy atom. The van der Waals surface area contributed by atoms with Gasteiger partial charge in [0.25, 0.3) is 0 Å². The van der Waals surface area contributed by atoms with E-state index in [-0.39, 0.29) is 27.3 Å². The molecule has 0 aromatic carbocycles. The van der Waals surface area contributed by atoms with E-state index >= 15 is 0 Å². The molecule has 0 spiro atoms. The van der Waals surface area contributed by atoms with Gasteiger partial charge in [0, 0.05) is 38.5 Å². The van der Waals surface area contributed by atoms with E-state index in [2.05, 4.69) is 27.7 Å². The molecular weight excluding hydrogens is 553 g/mol. The van der Waals surface area contributed by atoms with Crippen molar-refractivity contribution in [1.29, 1.82) is 0 Å². The van der Waals surface area contributed by atoms with Gasteiger partial charge in [0.1, 0.15) is 6.61 Å². The van der Waals surface area contributed by atoms with Crippen LogP contribution in [0.4, 0.5) is 0 Å². The first-order valence-corrected chi connectivity index (χ1v) is 12.5. The predicted molar refractivity (Wildman–Crippen MR) is 106 cm³/mol. The fourth-order valence-corrected chi connectivity index (χ4v) is 4.53. The monoisotopic (exact) mass is 591 g/mol. The second-order valence-corrected chi connectivity index (χ2v) is 9.66. The molecule has 0 amide bonds. The second kappa shape index (κ2) is 17.2. The van der Waals surface area contributed by atoms with Crippen LogP contribution in [0.3, 0.4) is 0 Å². The molecule has 0 saturated heterocycles. The normalized spacial score (nSPS) is 16.6. The summed E-state index contributed by atoms with van der Waals surface area (Å²) in [5, 5.41) is 0. The summed E-state index contributed by atoms with van der Waals surface area (Å²) in [7, 11) is -5.75. The molecule has 0 aliphatic rings. The second-order valence-electron chi connectivity index (χ2n) is 6.50. The van der Waals surface area contributed by atoms with Crippen molar-refractivity contribution in [2.24, 2.45) is 11.8 Å². The Balaban J connectivity index is 0. The molecule has 4 radical (unpaired) electrons. The molecule has 4 unspecified atom stereocenters. The molecule has 0 fully saturated rings. The van der Waals surface area contributed by atoms with Crippen LogP contribution in [-0.4, -0.2) is 47.2 Å². The molecule has 0 aliphatic heterocycles. The van der Waals surface area contributed by atoms with Crippen LogP contribution < -0.4 is 0 Å². The maximum Gasteiger partial charge on any atom is 0.706 e. The van der Waals surface area contributed by atoms with Gasteiger partial charge in [-0.25, -0.2) is 0 Å². The molecule has 0 heterocycles. The summed E-state index contributed by atoms with van der Waals surface area (Å²) in [4.78, 5) is 0. The third kappa shape index (κ3) is 15.8. The van der Waals surface area contributed by atoms with Gasteiger partial charge in [-0.1, -0.05) is 66.2 Å². The van der Waals surface area contributed by atoms with Gasteiger partial charge in [0.2, 0.25) is 0 Å². The first-order valence-electron chi connectivity index (χ1n) is 9.40. The van der Waals surface area contributed by atoms with Crippen molar-refractivity contribution in [3.63, 3.8) is 0 Å². The van der Waals surface area contributed by atoms with Gasteiger partial charge < -0.3 is 4.52 Å². The van der Waals surface area contributed by atoms with Crippen LogP contribution in [0.5, 0.6) is 0 Å². The van der Waals surface area contributed by atoms with Crippen LogP contribution in [0, 0.1) is 11.8 Å². The maximum atomic E-state index is 12.3. The fraction of sp³-hybridized carbons (Fsp3) is 1.00. The van der Waals surface area contributed by atoms with E-state index in [4.69, 9.17) is 13.4 Å². The molecule has 0 saturated carbocycles. The van der Waals surface area contributed by atoms with Crippen LogP contribution in [-0.2, 0) is 22.5 Å². The minimum Gasteiger partial charge on any atom is -0.306 e. The Hall–Kier alpha value is 1.13. The Morgan fingerprint density at radius 1 is 0.920 bits per heavy atom. The van der Waals surface area contributed by atoms with Gasteiger partial charge in [0.15, 0.2) is 0 Å². The van der Waals surface area contributed by atoms with Gasteiger partial charge in [-0.3, -0.25) is 4.57 Å². The minimum absolute atomic E-state index is 0. The fourth-order valence-electron chi connectivity index (χ4n) is 2.37. The van der Waals surface area contributed by atoms with Crippen LogP contribution in [0.1, 0.15) is 79.1 Å². The SMILES string of the molecule is CCCCC(CC)CO[P+](=O)OP(C)(=O)OCC(CC)CCCC.[Pb]. The van der Waals surface area contributed by atoms with Crippen molar-refractivity contribution < 1.29 is 22.5 Å². The standard InChI is InChI=1S/C17H37O5P2.Pb/c1-6-10-12-16(8-3)14-20-23(18)22-24(5,19)21-15-17(9-4)13-11-7-2;/h16-17H,6-15H2,1-5H3;/q+1;. The third-order valence-corrected chi connectivity index (χ3v) is 6.96. The van der Waals surface area contributed by atoms with E-state index in [0.29, 0.717) is 25.0 Å². The van der Waals surface area contributed by atoms with Crippen molar-refractivity contribution in [1.82, 2.24) is 0 Å². The summed E-state index contributed by atoms with van der Waals surface area (Å²) in [6, 6.07) is 0. The molecule has 0 bridgehead atoms. The topological polar surface area (TPSA) is 61.8 Å². The van der Waals surface area contributed by atoms with E-state index in [1.54, 1.807) is 0 Å². The third-order valence-electron chi connectivity index (χ3n) is 4.26. The summed E-state index contributed by atoms with van der Waals surface area (Å²) < 4.78 is 39.9. The zero-order chi connectivity index (χ0) is 18.4. The molecule has 148 valence electrons. The zero-order valence-corrected chi connectivity index (χ0v) is 22.3. The Morgan fingerprint density at radius 3 is 1.84 bits per heavy atom. The first-order chi connectivity index (χ1) is 11.4. The summed E-state index contributed by atoms with van der Waals surface area (Å²) in [5.41, 5.74) is 0. The van der Waals surface area contributed by atoms with Gasteiger partial charge in [-0.15, -0.1) is 4.52 Å². The minimum atomic E-state index is -3.35. The molecule has 0 aromatic rings. The molecule has 5 nitrogen and oxygen atoms in total. The molecule has 0 aliphatic carbocycles. The van der Waals surface area contributed by atoms with Crippen LogP contribution in [0.15, 0.2) is 0 Å². The molecule has 0 aromatic heterocycles. The number of hydrogen-bond donors (Lipinski definition) is 0. The molecular formula is C17H37O5P2Pb+. The van der Waals surface area contributed by atoms with Crippen molar-refractivity contribution in [2.45, 2.75) is 79.1 Å². The molecule has 4 atom stereocenters. The molecule has 8 heteroatoms. The van der Waals surface area contributed by atoms with E-state index < -0.39 is 15.9 Å². The van der Waals surface area contributed by atoms with E-state index in [1.807, 2.05) is 0 Å². The summed E-state index contributed by atoms with van der Waals surface area (Å²) in [6.45, 7) is 10.6. The van der Waals surface area contributed by atoms with E-state index in [9.17, 15) is 9.13 Å². The van der Waals surface area contributed by atoms with Crippen molar-refractivity contribution in [3.05, 3.63) is 0 Å². The number of hydrogen-bond acceptors (Lipinski definition) is 5. The smallest absolute Gasteiger partial charge is 0.306 e. The first kappa shape index (κ1) is 28.3. The number of unbranched alkanes of at least 4 members (excludes halogenated alkanes) is 2.